The van der Waals surface area contributed by atoms with E-state index in [1.165, 1.54) is 6.08 Å². The van der Waals surface area contributed by atoms with Crippen LogP contribution in [-0.2, 0) is 4.74 Å². The van der Waals surface area contributed by atoms with Crippen LogP contribution in [0, 0.1) is 6.92 Å². The van der Waals surface area contributed by atoms with Gasteiger partial charge in [-0.15, -0.1) is 11.3 Å². The molecule has 0 spiro atoms. The van der Waals surface area contributed by atoms with Crippen LogP contribution in [0.3, 0.4) is 0 Å². The summed E-state index contributed by atoms with van der Waals surface area (Å²) in [6.07, 6.45) is 1.08. The molecule has 70 valence electrons. The molecule has 0 fully saturated rings. The van der Waals surface area contributed by atoms with Crippen LogP contribution in [0.4, 0.5) is 10.5 Å². The largest absolute Gasteiger partial charge is 0.445 e. The molecule has 0 aliphatic heterocycles. The zero-order valence-electron chi connectivity index (χ0n) is 7.37. The summed E-state index contributed by atoms with van der Waals surface area (Å²) < 4.78 is 4.74. The second-order valence-electron chi connectivity index (χ2n) is 2.46. The Hall–Kier alpha value is -1.29. The predicted octanol–water partition coefficient (Wildman–Crippen LogP) is 2.79. The molecule has 0 radical (unpaired) electrons. The topological polar surface area (TPSA) is 38.3 Å². The van der Waals surface area contributed by atoms with Crippen molar-refractivity contribution in [2.24, 2.45) is 0 Å². The van der Waals surface area contributed by atoms with Gasteiger partial charge >= 0.3 is 6.09 Å². The van der Waals surface area contributed by atoms with Gasteiger partial charge in [-0.25, -0.2) is 4.79 Å². The third-order valence-corrected chi connectivity index (χ3v) is 2.17. The summed E-state index contributed by atoms with van der Waals surface area (Å²) in [5, 5.41) is 4.46. The summed E-state index contributed by atoms with van der Waals surface area (Å²) in [4.78, 5) is 12.2. The van der Waals surface area contributed by atoms with Crippen LogP contribution < -0.4 is 5.32 Å². The van der Waals surface area contributed by atoms with Crippen LogP contribution >= 0.6 is 11.3 Å². The van der Waals surface area contributed by atoms with Crippen molar-refractivity contribution in [3.8, 4) is 0 Å². The normalized spacial score (nSPS) is 9.31. The highest BCUT2D eigenvalue weighted by Gasteiger charge is 2.02. The highest BCUT2D eigenvalue weighted by molar-refractivity contribution is 7.10. The maximum absolute atomic E-state index is 11.0. The first kappa shape index (κ1) is 9.80. The quantitative estimate of drug-likeness (QED) is 0.757. The fraction of sp³-hybridized carbons (Fsp3) is 0.222. The van der Waals surface area contributed by atoms with Crippen molar-refractivity contribution < 1.29 is 9.53 Å². The number of hydrogen-bond donors (Lipinski definition) is 1. The number of aryl methyl sites for hydroxylation is 1. The number of rotatable bonds is 3. The van der Waals surface area contributed by atoms with Gasteiger partial charge in [0.1, 0.15) is 6.61 Å². The Labute approximate surface area is 81.0 Å². The van der Waals surface area contributed by atoms with Gasteiger partial charge in [0.25, 0.3) is 0 Å². The second kappa shape index (κ2) is 4.67. The summed E-state index contributed by atoms with van der Waals surface area (Å²) in [5.41, 5.74) is 0.775. The molecule has 0 aliphatic rings. The number of anilines is 1. The number of thiophene rings is 1. The molecule has 1 amide bonds. The first-order chi connectivity index (χ1) is 6.22. The summed E-state index contributed by atoms with van der Waals surface area (Å²) in [5.74, 6) is 0. The zero-order valence-corrected chi connectivity index (χ0v) is 8.19. The van der Waals surface area contributed by atoms with Crippen molar-refractivity contribution in [1.82, 2.24) is 0 Å². The minimum atomic E-state index is -0.447. The van der Waals surface area contributed by atoms with E-state index in [0.29, 0.717) is 0 Å². The Kier molecular flexibility index (Phi) is 3.52. The summed E-state index contributed by atoms with van der Waals surface area (Å²) in [6.45, 7) is 5.65. The minimum Gasteiger partial charge on any atom is -0.445 e. The van der Waals surface area contributed by atoms with Gasteiger partial charge in [0.05, 0.1) is 5.69 Å². The maximum atomic E-state index is 11.0. The fourth-order valence-corrected chi connectivity index (χ4v) is 1.43. The molecule has 0 aliphatic carbocycles. The lowest BCUT2D eigenvalue weighted by molar-refractivity contribution is 0.174. The van der Waals surface area contributed by atoms with E-state index < -0.39 is 6.09 Å². The SMILES string of the molecule is C=CCOC(=O)Nc1csc(C)c1. The van der Waals surface area contributed by atoms with E-state index in [9.17, 15) is 4.79 Å². The van der Waals surface area contributed by atoms with Gasteiger partial charge in [-0.05, 0) is 13.0 Å². The third-order valence-electron chi connectivity index (χ3n) is 1.31. The van der Waals surface area contributed by atoms with Crippen molar-refractivity contribution in [3.63, 3.8) is 0 Å². The Morgan fingerprint density at radius 1 is 1.85 bits per heavy atom. The first-order valence-electron chi connectivity index (χ1n) is 3.82. The van der Waals surface area contributed by atoms with Crippen molar-refractivity contribution in [1.29, 1.82) is 0 Å². The number of ether oxygens (including phenoxy) is 1. The van der Waals surface area contributed by atoms with Crippen LogP contribution in [0.2, 0.25) is 0 Å². The van der Waals surface area contributed by atoms with Crippen molar-refractivity contribution in [3.05, 3.63) is 29.0 Å². The summed E-state index contributed by atoms with van der Waals surface area (Å²) in [6, 6.07) is 1.89. The standard InChI is InChI=1S/C9H11NO2S/c1-3-4-12-9(11)10-8-5-7(2)13-6-8/h3,5-6H,1,4H2,2H3,(H,10,11). The van der Waals surface area contributed by atoms with Gasteiger partial charge in [-0.1, -0.05) is 12.7 Å². The van der Waals surface area contributed by atoms with Gasteiger partial charge < -0.3 is 4.74 Å². The molecule has 0 atom stereocenters. The van der Waals surface area contributed by atoms with Gasteiger partial charge in [0.15, 0.2) is 0 Å². The van der Waals surface area contributed by atoms with Crippen LogP contribution in [-0.4, -0.2) is 12.7 Å². The van der Waals surface area contributed by atoms with Gasteiger partial charge in [0, 0.05) is 10.3 Å². The van der Waals surface area contributed by atoms with E-state index in [4.69, 9.17) is 4.74 Å². The van der Waals surface area contributed by atoms with Crippen molar-refractivity contribution in [2.45, 2.75) is 6.92 Å². The van der Waals surface area contributed by atoms with E-state index in [0.717, 1.165) is 10.6 Å². The first-order valence-corrected chi connectivity index (χ1v) is 4.70. The van der Waals surface area contributed by atoms with Gasteiger partial charge in [-0.3, -0.25) is 5.32 Å². The zero-order chi connectivity index (χ0) is 9.68. The second-order valence-corrected chi connectivity index (χ2v) is 3.57. The number of hydrogen-bond acceptors (Lipinski definition) is 3. The number of carbonyl (C=O) groups excluding carboxylic acids is 1. The molecule has 0 bridgehead atoms. The third kappa shape index (κ3) is 3.29. The summed E-state index contributed by atoms with van der Waals surface area (Å²) in [7, 11) is 0. The highest BCUT2D eigenvalue weighted by atomic mass is 32.1. The van der Waals surface area contributed by atoms with Gasteiger partial charge in [-0.2, -0.15) is 0 Å². The summed E-state index contributed by atoms with van der Waals surface area (Å²) >= 11 is 1.58. The molecule has 1 aromatic heterocycles. The molecule has 0 saturated carbocycles. The molecular formula is C9H11NO2S. The van der Waals surface area contributed by atoms with Crippen LogP contribution in [0.5, 0.6) is 0 Å². The molecule has 0 unspecified atom stereocenters. The number of carbonyl (C=O) groups is 1. The van der Waals surface area contributed by atoms with Crippen LogP contribution in [0.1, 0.15) is 4.88 Å². The molecule has 4 heteroatoms. The van der Waals surface area contributed by atoms with E-state index in [1.807, 2.05) is 18.4 Å². The Morgan fingerprint density at radius 3 is 3.15 bits per heavy atom. The highest BCUT2D eigenvalue weighted by Crippen LogP contribution is 2.17. The lowest BCUT2D eigenvalue weighted by Crippen LogP contribution is -2.12. The number of nitrogens with one attached hydrogen (secondary N) is 1. The lowest BCUT2D eigenvalue weighted by Gasteiger charge is -2.01. The molecular weight excluding hydrogens is 186 g/mol. The van der Waals surface area contributed by atoms with Crippen molar-refractivity contribution >= 4 is 23.1 Å². The van der Waals surface area contributed by atoms with Crippen molar-refractivity contribution in [2.75, 3.05) is 11.9 Å². The molecule has 1 aromatic rings. The molecule has 1 rings (SSSR count). The van der Waals surface area contributed by atoms with E-state index >= 15 is 0 Å². The maximum Gasteiger partial charge on any atom is 0.411 e. The molecule has 3 nitrogen and oxygen atoms in total. The molecule has 0 saturated heterocycles. The monoisotopic (exact) mass is 197 g/mol. The van der Waals surface area contributed by atoms with Crippen LogP contribution in [0.25, 0.3) is 0 Å². The molecule has 0 aromatic carbocycles. The van der Waals surface area contributed by atoms with Gasteiger partial charge in [0.2, 0.25) is 0 Å². The Bertz CT molecular complexity index is 306. The smallest absolute Gasteiger partial charge is 0.411 e. The lowest BCUT2D eigenvalue weighted by atomic mass is 10.4. The average molecular weight is 197 g/mol. The Morgan fingerprint density at radius 2 is 2.62 bits per heavy atom. The van der Waals surface area contributed by atoms with Crippen LogP contribution in [0.15, 0.2) is 24.1 Å². The van der Waals surface area contributed by atoms with E-state index in [-0.39, 0.29) is 6.61 Å². The average Bonchev–Trinajstić information content (AvgIpc) is 2.48. The Balaban J connectivity index is 2.40. The molecule has 1 N–H and O–H groups in total. The minimum absolute atomic E-state index is 0.231. The predicted molar refractivity (Wildman–Crippen MR) is 54.2 cm³/mol. The molecule has 1 heterocycles. The fourth-order valence-electron chi connectivity index (χ4n) is 0.798. The van der Waals surface area contributed by atoms with E-state index in [1.54, 1.807) is 11.3 Å². The molecule has 13 heavy (non-hydrogen) atoms. The number of amides is 1. The van der Waals surface area contributed by atoms with E-state index in [2.05, 4.69) is 11.9 Å².